The van der Waals surface area contributed by atoms with Crippen molar-refractivity contribution < 1.29 is 0 Å². The molecule has 96 valence electrons. The van der Waals surface area contributed by atoms with E-state index in [9.17, 15) is 0 Å². The van der Waals surface area contributed by atoms with Gasteiger partial charge in [-0.25, -0.2) is 4.98 Å². The Kier molecular flexibility index (Phi) is 3.76. The highest BCUT2D eigenvalue weighted by Gasteiger charge is 2.18. The Morgan fingerprint density at radius 3 is 2.50 bits per heavy atom. The summed E-state index contributed by atoms with van der Waals surface area (Å²) in [6, 6.07) is 8.36. The minimum absolute atomic E-state index is 0.323. The Bertz CT molecular complexity index is 558. The highest BCUT2D eigenvalue weighted by atomic mass is 79.9. The van der Waals surface area contributed by atoms with Gasteiger partial charge in [-0.05, 0) is 19.9 Å². The first-order chi connectivity index (χ1) is 8.56. The predicted molar refractivity (Wildman–Crippen MR) is 79.5 cm³/mol. The third-order valence-electron chi connectivity index (χ3n) is 2.98. The quantitative estimate of drug-likeness (QED) is 0.930. The van der Waals surface area contributed by atoms with E-state index in [1.54, 1.807) is 0 Å². The van der Waals surface area contributed by atoms with Gasteiger partial charge in [-0.1, -0.05) is 41.1 Å². The molecule has 1 aromatic heterocycles. The molecule has 0 spiro atoms. The van der Waals surface area contributed by atoms with Crippen LogP contribution in [0.15, 0.2) is 28.7 Å². The number of nitrogens with zero attached hydrogens (tertiary/aromatic N) is 2. The summed E-state index contributed by atoms with van der Waals surface area (Å²) < 4.78 is 3.13. The van der Waals surface area contributed by atoms with Crippen LogP contribution in [-0.2, 0) is 6.42 Å². The van der Waals surface area contributed by atoms with Crippen molar-refractivity contribution in [1.82, 2.24) is 9.55 Å². The van der Waals surface area contributed by atoms with Gasteiger partial charge >= 0.3 is 0 Å². The molecular formula is C14H18BrN3. The fourth-order valence-electron chi connectivity index (χ4n) is 2.17. The van der Waals surface area contributed by atoms with Gasteiger partial charge in [0.05, 0.1) is 0 Å². The van der Waals surface area contributed by atoms with Crippen molar-refractivity contribution in [3.63, 3.8) is 0 Å². The number of rotatable bonds is 3. The molecule has 2 N–H and O–H groups in total. The molecule has 0 saturated carbocycles. The molecular weight excluding hydrogens is 290 g/mol. The highest BCUT2D eigenvalue weighted by molar-refractivity contribution is 9.10. The topological polar surface area (TPSA) is 43.8 Å². The Hall–Kier alpha value is -1.29. The molecule has 1 aromatic carbocycles. The fourth-order valence-corrected chi connectivity index (χ4v) is 2.64. The van der Waals surface area contributed by atoms with E-state index in [0.29, 0.717) is 6.04 Å². The number of benzene rings is 1. The highest BCUT2D eigenvalue weighted by Crippen LogP contribution is 2.33. The van der Waals surface area contributed by atoms with Gasteiger partial charge in [-0.3, -0.25) is 0 Å². The number of nitrogens with two attached hydrogens (primary N) is 1. The molecule has 0 radical (unpaired) electrons. The zero-order valence-corrected chi connectivity index (χ0v) is 12.5. The van der Waals surface area contributed by atoms with Crippen LogP contribution < -0.4 is 5.73 Å². The van der Waals surface area contributed by atoms with E-state index in [0.717, 1.165) is 33.8 Å². The smallest absolute Gasteiger partial charge is 0.132 e. The molecule has 1 heterocycles. The van der Waals surface area contributed by atoms with Gasteiger partial charge in [0, 0.05) is 22.5 Å². The van der Waals surface area contributed by atoms with Crippen molar-refractivity contribution in [2.45, 2.75) is 33.2 Å². The average molecular weight is 308 g/mol. The lowest BCUT2D eigenvalue weighted by Gasteiger charge is -2.12. The van der Waals surface area contributed by atoms with Crippen molar-refractivity contribution in [2.24, 2.45) is 0 Å². The van der Waals surface area contributed by atoms with Crippen LogP contribution in [0.1, 0.15) is 32.6 Å². The Balaban J connectivity index is 2.63. The summed E-state index contributed by atoms with van der Waals surface area (Å²) in [6.45, 7) is 6.35. The number of imidazole rings is 1. The summed E-state index contributed by atoms with van der Waals surface area (Å²) in [7, 11) is 0. The van der Waals surface area contributed by atoms with E-state index in [4.69, 9.17) is 5.73 Å². The number of anilines is 1. The number of nitrogen functional groups attached to an aromatic ring is 1. The molecule has 18 heavy (non-hydrogen) atoms. The Labute approximate surface area is 116 Å². The van der Waals surface area contributed by atoms with E-state index in [2.05, 4.69) is 46.3 Å². The SMILES string of the molecule is CCc1nc(-c2ccccc2Br)c(N)n1C(C)C. The van der Waals surface area contributed by atoms with Crippen LogP contribution >= 0.6 is 15.9 Å². The number of aromatic nitrogens is 2. The van der Waals surface area contributed by atoms with Crippen molar-refractivity contribution in [2.75, 3.05) is 5.73 Å². The maximum Gasteiger partial charge on any atom is 0.132 e. The molecule has 0 atom stereocenters. The second-order valence-electron chi connectivity index (χ2n) is 4.56. The number of hydrogen-bond acceptors (Lipinski definition) is 2. The van der Waals surface area contributed by atoms with Gasteiger partial charge in [-0.15, -0.1) is 0 Å². The molecule has 2 rings (SSSR count). The lowest BCUT2D eigenvalue weighted by Crippen LogP contribution is -2.08. The van der Waals surface area contributed by atoms with E-state index < -0.39 is 0 Å². The molecule has 0 aliphatic rings. The van der Waals surface area contributed by atoms with Crippen LogP contribution in [0, 0.1) is 0 Å². The third-order valence-corrected chi connectivity index (χ3v) is 3.67. The second-order valence-corrected chi connectivity index (χ2v) is 5.41. The van der Waals surface area contributed by atoms with Gasteiger partial charge in [-0.2, -0.15) is 0 Å². The Morgan fingerprint density at radius 1 is 1.33 bits per heavy atom. The van der Waals surface area contributed by atoms with Crippen molar-refractivity contribution >= 4 is 21.7 Å². The van der Waals surface area contributed by atoms with Crippen molar-refractivity contribution in [1.29, 1.82) is 0 Å². The molecule has 0 amide bonds. The summed E-state index contributed by atoms with van der Waals surface area (Å²) >= 11 is 3.56. The van der Waals surface area contributed by atoms with E-state index >= 15 is 0 Å². The van der Waals surface area contributed by atoms with Gasteiger partial charge in [0.15, 0.2) is 0 Å². The molecule has 4 heteroatoms. The first kappa shape index (κ1) is 13.1. The molecule has 0 fully saturated rings. The predicted octanol–water partition coefficient (Wildman–Crippen LogP) is 4.04. The molecule has 3 nitrogen and oxygen atoms in total. The molecule has 0 aliphatic carbocycles. The van der Waals surface area contributed by atoms with E-state index in [1.165, 1.54) is 0 Å². The van der Waals surface area contributed by atoms with E-state index in [-0.39, 0.29) is 0 Å². The molecule has 0 unspecified atom stereocenters. The number of aryl methyl sites for hydroxylation is 1. The zero-order chi connectivity index (χ0) is 13.3. The molecule has 2 aromatic rings. The van der Waals surface area contributed by atoms with E-state index in [1.807, 2.05) is 24.3 Å². The minimum atomic E-state index is 0.323. The summed E-state index contributed by atoms with van der Waals surface area (Å²) in [5.41, 5.74) is 8.18. The second kappa shape index (κ2) is 5.14. The number of halogens is 1. The Morgan fingerprint density at radius 2 is 2.00 bits per heavy atom. The lowest BCUT2D eigenvalue weighted by atomic mass is 10.1. The summed E-state index contributed by atoms with van der Waals surface area (Å²) in [6.07, 6.45) is 0.882. The zero-order valence-electron chi connectivity index (χ0n) is 10.9. The maximum atomic E-state index is 6.26. The van der Waals surface area contributed by atoms with Crippen LogP contribution in [0.2, 0.25) is 0 Å². The van der Waals surface area contributed by atoms with Gasteiger partial charge in [0.25, 0.3) is 0 Å². The summed E-state index contributed by atoms with van der Waals surface area (Å²) in [5.74, 6) is 1.78. The maximum absolute atomic E-state index is 6.26. The van der Waals surface area contributed by atoms with Crippen LogP contribution in [0.4, 0.5) is 5.82 Å². The fraction of sp³-hybridized carbons (Fsp3) is 0.357. The van der Waals surface area contributed by atoms with Gasteiger partial charge < -0.3 is 10.3 Å². The third kappa shape index (κ3) is 2.17. The van der Waals surface area contributed by atoms with Crippen molar-refractivity contribution in [3.05, 3.63) is 34.6 Å². The van der Waals surface area contributed by atoms with Crippen LogP contribution in [-0.4, -0.2) is 9.55 Å². The van der Waals surface area contributed by atoms with Gasteiger partial charge in [0.1, 0.15) is 17.3 Å². The first-order valence-corrected chi connectivity index (χ1v) is 6.97. The van der Waals surface area contributed by atoms with Crippen LogP contribution in [0.3, 0.4) is 0 Å². The van der Waals surface area contributed by atoms with Crippen molar-refractivity contribution in [3.8, 4) is 11.3 Å². The summed E-state index contributed by atoms with van der Waals surface area (Å²) in [5, 5.41) is 0. The minimum Gasteiger partial charge on any atom is -0.383 e. The van der Waals surface area contributed by atoms with Crippen LogP contribution in [0.5, 0.6) is 0 Å². The molecule has 0 bridgehead atoms. The lowest BCUT2D eigenvalue weighted by molar-refractivity contribution is 0.579. The monoisotopic (exact) mass is 307 g/mol. The normalized spacial score (nSPS) is 11.2. The standard InChI is InChI=1S/C14H18BrN3/c1-4-12-17-13(14(16)18(12)9(2)3)10-7-5-6-8-11(10)15/h5-9H,4,16H2,1-3H3. The largest absolute Gasteiger partial charge is 0.383 e. The number of hydrogen-bond donors (Lipinski definition) is 1. The van der Waals surface area contributed by atoms with Crippen LogP contribution in [0.25, 0.3) is 11.3 Å². The first-order valence-electron chi connectivity index (χ1n) is 6.17. The molecule has 0 saturated heterocycles. The molecule has 0 aliphatic heterocycles. The average Bonchev–Trinajstić information content (AvgIpc) is 2.67. The summed E-state index contributed by atoms with van der Waals surface area (Å²) in [4.78, 5) is 4.69. The van der Waals surface area contributed by atoms with Gasteiger partial charge in [0.2, 0.25) is 0 Å².